The molecule has 154 valence electrons. The van der Waals surface area contributed by atoms with Crippen molar-refractivity contribution in [1.29, 1.82) is 0 Å². The second kappa shape index (κ2) is 8.54. The molecule has 0 aromatic heterocycles. The van der Waals surface area contributed by atoms with Gasteiger partial charge >= 0.3 is 0 Å². The smallest absolute Gasteiger partial charge is 0.243 e. The number of benzene rings is 1. The summed E-state index contributed by atoms with van der Waals surface area (Å²) in [5.41, 5.74) is 2.49. The maximum absolute atomic E-state index is 13.1. The van der Waals surface area contributed by atoms with Crippen molar-refractivity contribution in [2.24, 2.45) is 5.92 Å². The summed E-state index contributed by atoms with van der Waals surface area (Å²) in [4.78, 5) is 15.3. The molecule has 5 nitrogen and oxygen atoms in total. The highest BCUT2D eigenvalue weighted by atomic mass is 32.2. The van der Waals surface area contributed by atoms with E-state index in [1.165, 1.54) is 30.4 Å². The number of hydrogen-bond donors (Lipinski definition) is 0. The van der Waals surface area contributed by atoms with Gasteiger partial charge in [-0.2, -0.15) is 4.31 Å². The van der Waals surface area contributed by atoms with Crippen molar-refractivity contribution in [3.8, 4) is 0 Å². The molecule has 4 rings (SSSR count). The zero-order chi connectivity index (χ0) is 19.6. The molecule has 1 aromatic carbocycles. The van der Waals surface area contributed by atoms with E-state index in [4.69, 9.17) is 0 Å². The zero-order valence-electron chi connectivity index (χ0n) is 16.7. The summed E-state index contributed by atoms with van der Waals surface area (Å²) in [7, 11) is -3.47. The van der Waals surface area contributed by atoms with Crippen LogP contribution >= 0.6 is 0 Å². The zero-order valence-corrected chi connectivity index (χ0v) is 17.6. The standard InChI is InChI=1S/C22H32N2O3S/c25-22(23-13-5-1-2-6-14-23)19-11-15-24(16-12-19)28(26,27)21-10-9-18-7-3-4-8-20(18)17-21/h9-10,17,19H,1-8,11-16H2. The second-order valence-corrected chi connectivity index (χ2v) is 10.5. The van der Waals surface area contributed by atoms with E-state index in [0.717, 1.165) is 45.2 Å². The quantitative estimate of drug-likeness (QED) is 0.776. The number of sulfonamides is 1. The summed E-state index contributed by atoms with van der Waals surface area (Å²) >= 11 is 0. The second-order valence-electron chi connectivity index (χ2n) is 8.56. The number of fused-ring (bicyclic) bond motifs is 1. The fourth-order valence-electron chi connectivity index (χ4n) is 4.91. The Morgan fingerprint density at radius 1 is 0.821 bits per heavy atom. The largest absolute Gasteiger partial charge is 0.342 e. The first-order valence-corrected chi connectivity index (χ1v) is 12.4. The van der Waals surface area contributed by atoms with Crippen LogP contribution in [-0.4, -0.2) is 49.7 Å². The van der Waals surface area contributed by atoms with Crippen LogP contribution in [-0.2, 0) is 27.7 Å². The minimum absolute atomic E-state index is 0.0203. The fraction of sp³-hybridized carbons (Fsp3) is 0.682. The molecule has 2 heterocycles. The number of carbonyl (C=O) groups excluding carboxylic acids is 1. The van der Waals surface area contributed by atoms with Gasteiger partial charge in [-0.15, -0.1) is 0 Å². The third kappa shape index (κ3) is 4.13. The molecule has 0 N–H and O–H groups in total. The molecule has 3 aliphatic rings. The molecule has 1 amide bonds. The summed E-state index contributed by atoms with van der Waals surface area (Å²) in [6, 6.07) is 5.66. The van der Waals surface area contributed by atoms with Crippen molar-refractivity contribution < 1.29 is 13.2 Å². The van der Waals surface area contributed by atoms with Gasteiger partial charge in [-0.3, -0.25) is 4.79 Å². The lowest BCUT2D eigenvalue weighted by atomic mass is 9.92. The van der Waals surface area contributed by atoms with Gasteiger partial charge in [0.25, 0.3) is 0 Å². The van der Waals surface area contributed by atoms with Crippen LogP contribution in [0.5, 0.6) is 0 Å². The number of amides is 1. The van der Waals surface area contributed by atoms with E-state index >= 15 is 0 Å². The molecule has 0 saturated carbocycles. The van der Waals surface area contributed by atoms with Crippen molar-refractivity contribution in [3.05, 3.63) is 29.3 Å². The van der Waals surface area contributed by atoms with Crippen LogP contribution in [0.1, 0.15) is 62.5 Å². The molecule has 0 spiro atoms. The minimum atomic E-state index is -3.47. The van der Waals surface area contributed by atoms with Gasteiger partial charge in [0.2, 0.25) is 15.9 Å². The van der Waals surface area contributed by atoms with E-state index in [9.17, 15) is 13.2 Å². The Kier molecular flexibility index (Phi) is 6.07. The molecule has 0 bridgehead atoms. The van der Waals surface area contributed by atoms with Gasteiger partial charge in [0.15, 0.2) is 0 Å². The lowest BCUT2D eigenvalue weighted by Gasteiger charge is -2.33. The lowest BCUT2D eigenvalue weighted by Crippen LogP contribution is -2.44. The third-order valence-corrected chi connectivity index (χ3v) is 8.57. The highest BCUT2D eigenvalue weighted by Gasteiger charge is 2.34. The third-order valence-electron chi connectivity index (χ3n) is 6.68. The van der Waals surface area contributed by atoms with Gasteiger partial charge in [0.1, 0.15) is 0 Å². The van der Waals surface area contributed by atoms with Crippen LogP contribution in [0, 0.1) is 5.92 Å². The van der Waals surface area contributed by atoms with Crippen LogP contribution in [0.25, 0.3) is 0 Å². The molecule has 0 atom stereocenters. The van der Waals surface area contributed by atoms with Crippen LogP contribution in [0.4, 0.5) is 0 Å². The summed E-state index contributed by atoms with van der Waals surface area (Å²) < 4.78 is 27.8. The predicted molar refractivity (Wildman–Crippen MR) is 110 cm³/mol. The minimum Gasteiger partial charge on any atom is -0.342 e. The maximum Gasteiger partial charge on any atom is 0.243 e. The van der Waals surface area contributed by atoms with Gasteiger partial charge in [-0.25, -0.2) is 8.42 Å². The Balaban J connectivity index is 1.40. The molecule has 2 fully saturated rings. The lowest BCUT2D eigenvalue weighted by molar-refractivity contribution is -0.136. The first-order valence-electron chi connectivity index (χ1n) is 11.0. The van der Waals surface area contributed by atoms with Gasteiger partial charge in [0, 0.05) is 32.1 Å². The van der Waals surface area contributed by atoms with E-state index in [0.29, 0.717) is 30.8 Å². The Bertz CT molecular complexity index is 805. The number of carbonyl (C=O) groups is 1. The molecule has 28 heavy (non-hydrogen) atoms. The molecule has 2 aliphatic heterocycles. The van der Waals surface area contributed by atoms with Crippen molar-refractivity contribution in [2.75, 3.05) is 26.2 Å². The van der Waals surface area contributed by atoms with Crippen LogP contribution < -0.4 is 0 Å². The van der Waals surface area contributed by atoms with Crippen molar-refractivity contribution in [2.45, 2.75) is 69.1 Å². The number of nitrogens with zero attached hydrogens (tertiary/aromatic N) is 2. The van der Waals surface area contributed by atoms with Crippen molar-refractivity contribution in [1.82, 2.24) is 9.21 Å². The first-order chi connectivity index (χ1) is 13.6. The Labute approximate surface area is 169 Å². The summed E-state index contributed by atoms with van der Waals surface area (Å²) in [5, 5.41) is 0. The van der Waals surface area contributed by atoms with Crippen molar-refractivity contribution in [3.63, 3.8) is 0 Å². The average Bonchev–Trinajstić information content (AvgIpc) is 3.02. The van der Waals surface area contributed by atoms with Gasteiger partial charge < -0.3 is 4.90 Å². The van der Waals surface area contributed by atoms with Crippen LogP contribution in [0.15, 0.2) is 23.1 Å². The molecule has 0 radical (unpaired) electrons. The average molecular weight is 405 g/mol. The van der Waals surface area contributed by atoms with Gasteiger partial charge in [-0.05, 0) is 74.6 Å². The maximum atomic E-state index is 13.1. The number of piperidine rings is 1. The molecule has 6 heteroatoms. The van der Waals surface area contributed by atoms with E-state index in [2.05, 4.69) is 0 Å². The summed E-state index contributed by atoms with van der Waals surface area (Å²) in [6.07, 6.45) is 10.2. The van der Waals surface area contributed by atoms with Gasteiger partial charge in [-0.1, -0.05) is 18.9 Å². The van der Waals surface area contributed by atoms with Crippen LogP contribution in [0.3, 0.4) is 0 Å². The molecule has 1 aliphatic carbocycles. The Morgan fingerprint density at radius 3 is 2.14 bits per heavy atom. The normalized spacial score (nSPS) is 22.5. The van der Waals surface area contributed by atoms with Gasteiger partial charge in [0.05, 0.1) is 4.90 Å². The number of hydrogen-bond acceptors (Lipinski definition) is 3. The first kappa shape index (κ1) is 19.9. The van der Waals surface area contributed by atoms with E-state index in [1.54, 1.807) is 10.4 Å². The molecule has 2 saturated heterocycles. The van der Waals surface area contributed by atoms with E-state index < -0.39 is 10.0 Å². The van der Waals surface area contributed by atoms with E-state index in [-0.39, 0.29) is 11.8 Å². The van der Waals surface area contributed by atoms with E-state index in [1.807, 2.05) is 17.0 Å². The van der Waals surface area contributed by atoms with Crippen molar-refractivity contribution >= 4 is 15.9 Å². The monoisotopic (exact) mass is 404 g/mol. The number of likely N-dealkylation sites (tertiary alicyclic amines) is 1. The topological polar surface area (TPSA) is 57.7 Å². The Hall–Kier alpha value is -1.40. The SMILES string of the molecule is O=C(C1CCN(S(=O)(=O)c2ccc3c(c2)CCCC3)CC1)N1CCCCCC1. The molecular formula is C22H32N2O3S. The summed E-state index contributed by atoms with van der Waals surface area (Å²) in [5.74, 6) is 0.223. The number of rotatable bonds is 3. The Morgan fingerprint density at radius 2 is 1.46 bits per heavy atom. The van der Waals surface area contributed by atoms with Crippen LogP contribution in [0.2, 0.25) is 0 Å². The number of aryl methyl sites for hydroxylation is 2. The molecule has 0 unspecified atom stereocenters. The molecule has 1 aromatic rings. The summed E-state index contributed by atoms with van der Waals surface area (Å²) in [6.45, 7) is 2.63. The predicted octanol–water partition coefficient (Wildman–Crippen LogP) is 3.37. The highest BCUT2D eigenvalue weighted by Crippen LogP contribution is 2.29. The fourth-order valence-corrected chi connectivity index (χ4v) is 6.43. The highest BCUT2D eigenvalue weighted by molar-refractivity contribution is 7.89. The molecular weight excluding hydrogens is 372 g/mol.